The average molecular weight is 260 g/mol. The third-order valence-electron chi connectivity index (χ3n) is 1.11. The summed E-state index contributed by atoms with van der Waals surface area (Å²) < 4.78 is 29.8. The first-order valence-corrected chi connectivity index (χ1v) is 6.58. The van der Waals surface area contributed by atoms with Crippen molar-refractivity contribution in [1.82, 2.24) is 5.54 Å². The summed E-state index contributed by atoms with van der Waals surface area (Å²) in [6.45, 7) is 0.292. The SMILES string of the molecule is FNCc1ccccc1.O=S(=O)(Cl)Cl. The molecule has 0 saturated carbocycles. The number of hydrogen-bond donors (Lipinski definition) is 1. The summed E-state index contributed by atoms with van der Waals surface area (Å²) in [6.07, 6.45) is 0. The predicted molar refractivity (Wildman–Crippen MR) is 55.0 cm³/mol. The van der Waals surface area contributed by atoms with E-state index in [9.17, 15) is 4.48 Å². The van der Waals surface area contributed by atoms with Crippen LogP contribution >= 0.6 is 21.4 Å². The standard InChI is InChI=1S/C7H8FN.Cl2O2S/c8-9-6-7-4-2-1-3-5-7;1-5(2,3)4/h1-5,9H,6H2;. The molecule has 0 bridgehead atoms. The van der Waals surface area contributed by atoms with Crippen LogP contribution in [0.1, 0.15) is 5.56 Å². The van der Waals surface area contributed by atoms with E-state index in [1.807, 2.05) is 30.3 Å². The topological polar surface area (TPSA) is 46.2 Å². The molecule has 1 rings (SSSR count). The molecule has 3 nitrogen and oxygen atoms in total. The van der Waals surface area contributed by atoms with E-state index < -0.39 is 8.26 Å². The molecule has 0 amide bonds. The fourth-order valence-corrected chi connectivity index (χ4v) is 0.673. The fraction of sp³-hybridized carbons (Fsp3) is 0.143. The molecule has 0 aromatic heterocycles. The van der Waals surface area contributed by atoms with Gasteiger partial charge >= 0.3 is 8.26 Å². The van der Waals surface area contributed by atoms with Gasteiger partial charge in [0.25, 0.3) is 0 Å². The van der Waals surface area contributed by atoms with Gasteiger partial charge < -0.3 is 0 Å². The van der Waals surface area contributed by atoms with Crippen LogP contribution in [0.25, 0.3) is 0 Å². The minimum atomic E-state index is -3.72. The smallest absolute Gasteiger partial charge is 0.195 e. The zero-order chi connectivity index (χ0) is 11.0. The van der Waals surface area contributed by atoms with Crippen molar-refractivity contribution in [3.63, 3.8) is 0 Å². The Labute approximate surface area is 90.7 Å². The summed E-state index contributed by atoms with van der Waals surface area (Å²) in [7, 11) is 4.81. The van der Waals surface area contributed by atoms with Gasteiger partial charge in [0.1, 0.15) is 0 Å². The van der Waals surface area contributed by atoms with E-state index in [4.69, 9.17) is 8.42 Å². The van der Waals surface area contributed by atoms with Crippen LogP contribution in [0.3, 0.4) is 0 Å². The quantitative estimate of drug-likeness (QED) is 0.656. The van der Waals surface area contributed by atoms with E-state index in [1.165, 1.54) is 0 Å². The summed E-state index contributed by atoms with van der Waals surface area (Å²) in [5, 5.41) is 0. The maximum Gasteiger partial charge on any atom is 0.317 e. The third kappa shape index (κ3) is 11.6. The van der Waals surface area contributed by atoms with Crippen LogP contribution in [0.2, 0.25) is 0 Å². The number of nitrogens with one attached hydrogen (secondary N) is 1. The molecular formula is C7H8Cl2FNO2S. The van der Waals surface area contributed by atoms with E-state index >= 15 is 0 Å². The van der Waals surface area contributed by atoms with E-state index in [2.05, 4.69) is 21.4 Å². The summed E-state index contributed by atoms with van der Waals surface area (Å²) in [4.78, 5) is 0. The van der Waals surface area contributed by atoms with Crippen LogP contribution in [0.5, 0.6) is 0 Å². The monoisotopic (exact) mass is 259 g/mol. The van der Waals surface area contributed by atoms with E-state index in [0.29, 0.717) is 6.54 Å². The molecule has 0 saturated heterocycles. The van der Waals surface area contributed by atoms with Gasteiger partial charge in [0.05, 0.1) is 6.54 Å². The Kier molecular flexibility index (Phi) is 6.82. The van der Waals surface area contributed by atoms with E-state index in [1.54, 1.807) is 5.54 Å². The van der Waals surface area contributed by atoms with Crippen LogP contribution in [0.15, 0.2) is 30.3 Å². The molecule has 0 aliphatic rings. The van der Waals surface area contributed by atoms with Gasteiger partial charge in [0.15, 0.2) is 0 Å². The fourth-order valence-electron chi connectivity index (χ4n) is 0.673. The van der Waals surface area contributed by atoms with E-state index in [-0.39, 0.29) is 0 Å². The van der Waals surface area contributed by atoms with Gasteiger partial charge in [0, 0.05) is 21.4 Å². The molecule has 0 aliphatic carbocycles. The highest BCUT2D eigenvalue weighted by atomic mass is 36.0. The molecule has 0 unspecified atom stereocenters. The summed E-state index contributed by atoms with van der Waals surface area (Å²) in [6, 6.07) is 9.40. The first kappa shape index (κ1) is 13.6. The molecule has 0 heterocycles. The van der Waals surface area contributed by atoms with Crippen molar-refractivity contribution in [2.75, 3.05) is 0 Å². The minimum absolute atomic E-state index is 0.292. The summed E-state index contributed by atoms with van der Waals surface area (Å²) in [5.41, 5.74) is 2.54. The van der Waals surface area contributed by atoms with Gasteiger partial charge in [-0.2, -0.15) is 14.0 Å². The van der Waals surface area contributed by atoms with Gasteiger partial charge in [-0.3, -0.25) is 0 Å². The van der Waals surface area contributed by atoms with Crippen molar-refractivity contribution in [1.29, 1.82) is 0 Å². The Morgan fingerprint density at radius 3 is 2.00 bits per heavy atom. The molecule has 7 heteroatoms. The molecule has 1 aromatic carbocycles. The first-order chi connectivity index (χ1) is 6.43. The molecule has 0 aliphatic heterocycles. The van der Waals surface area contributed by atoms with Crippen LogP contribution in [0, 0.1) is 0 Å². The van der Waals surface area contributed by atoms with Gasteiger partial charge in [-0.25, -0.2) is 0 Å². The molecule has 1 aromatic rings. The van der Waals surface area contributed by atoms with E-state index in [0.717, 1.165) is 5.56 Å². The third-order valence-corrected chi connectivity index (χ3v) is 1.11. The minimum Gasteiger partial charge on any atom is -0.195 e. The van der Waals surface area contributed by atoms with Crippen LogP contribution in [-0.4, -0.2) is 8.42 Å². The van der Waals surface area contributed by atoms with Gasteiger partial charge in [-0.05, 0) is 5.56 Å². The second kappa shape index (κ2) is 7.00. The lowest BCUT2D eigenvalue weighted by Crippen LogP contribution is -1.98. The highest BCUT2D eigenvalue weighted by Crippen LogP contribution is 1.98. The van der Waals surface area contributed by atoms with Crippen LogP contribution in [0.4, 0.5) is 4.48 Å². The molecule has 0 atom stereocenters. The molecule has 14 heavy (non-hydrogen) atoms. The maximum atomic E-state index is 11.4. The Bertz CT molecular complexity index is 336. The Morgan fingerprint density at radius 1 is 1.21 bits per heavy atom. The Hall–Kier alpha value is -0.360. The van der Waals surface area contributed by atoms with Crippen molar-refractivity contribution in [3.8, 4) is 0 Å². The molecule has 0 radical (unpaired) electrons. The Morgan fingerprint density at radius 2 is 1.64 bits per heavy atom. The second-order valence-electron chi connectivity index (χ2n) is 2.17. The van der Waals surface area contributed by atoms with Crippen molar-refractivity contribution in [2.24, 2.45) is 0 Å². The molecule has 0 spiro atoms. The highest BCUT2D eigenvalue weighted by Gasteiger charge is 1.88. The van der Waals surface area contributed by atoms with Gasteiger partial charge in [-0.15, -0.1) is 4.48 Å². The Balaban J connectivity index is 0.000000292. The predicted octanol–water partition coefficient (Wildman–Crippen LogP) is 2.37. The summed E-state index contributed by atoms with van der Waals surface area (Å²) in [5.74, 6) is 0. The molecule has 0 fully saturated rings. The number of hydrogen-bond acceptors (Lipinski definition) is 3. The largest absolute Gasteiger partial charge is 0.317 e. The molecular weight excluding hydrogens is 252 g/mol. The maximum absolute atomic E-state index is 11.4. The van der Waals surface area contributed by atoms with Crippen LogP contribution in [-0.2, 0) is 14.8 Å². The number of rotatable bonds is 2. The molecule has 80 valence electrons. The van der Waals surface area contributed by atoms with Gasteiger partial charge in [0.2, 0.25) is 0 Å². The normalized spacial score (nSPS) is 10.2. The van der Waals surface area contributed by atoms with Crippen molar-refractivity contribution < 1.29 is 12.9 Å². The zero-order valence-electron chi connectivity index (χ0n) is 6.95. The van der Waals surface area contributed by atoms with Crippen LogP contribution < -0.4 is 5.54 Å². The lowest BCUT2D eigenvalue weighted by molar-refractivity contribution is 0.330. The highest BCUT2D eigenvalue weighted by molar-refractivity contribution is 8.31. The van der Waals surface area contributed by atoms with Crippen molar-refractivity contribution in [2.45, 2.75) is 6.54 Å². The lowest BCUT2D eigenvalue weighted by Gasteiger charge is -1.93. The zero-order valence-corrected chi connectivity index (χ0v) is 9.28. The van der Waals surface area contributed by atoms with Crippen molar-refractivity contribution >= 4 is 29.6 Å². The second-order valence-corrected chi connectivity index (χ2v) is 5.84. The first-order valence-electron chi connectivity index (χ1n) is 3.45. The lowest BCUT2D eigenvalue weighted by atomic mass is 10.2. The molecule has 1 N–H and O–H groups in total. The summed E-state index contributed by atoms with van der Waals surface area (Å²) >= 11 is 0. The average Bonchev–Trinajstić information content (AvgIpc) is 2.03. The number of halogens is 3. The van der Waals surface area contributed by atoms with Gasteiger partial charge in [-0.1, -0.05) is 30.3 Å². The number of benzene rings is 1. The van der Waals surface area contributed by atoms with Crippen molar-refractivity contribution in [3.05, 3.63) is 35.9 Å².